The van der Waals surface area contributed by atoms with Gasteiger partial charge in [-0.05, 0) is 20.5 Å². The van der Waals surface area contributed by atoms with Gasteiger partial charge in [-0.15, -0.1) is 0 Å². The van der Waals surface area contributed by atoms with Gasteiger partial charge in [0.25, 0.3) is 0 Å². The standard InChI is InChI=1S/C10H23NSi/c1-7-9-10(11(3)8-2)12(4,5)6/h7,9-10H,8H2,1-6H3. The predicted molar refractivity (Wildman–Crippen MR) is 60.3 cm³/mol. The minimum Gasteiger partial charge on any atom is -0.303 e. The lowest BCUT2D eigenvalue weighted by Gasteiger charge is -2.34. The fraction of sp³-hybridized carbons (Fsp3) is 0.800. The molecule has 2 heteroatoms. The van der Waals surface area contributed by atoms with Gasteiger partial charge in [0.15, 0.2) is 0 Å². The van der Waals surface area contributed by atoms with E-state index < -0.39 is 8.07 Å². The van der Waals surface area contributed by atoms with Crippen molar-refractivity contribution in [2.45, 2.75) is 39.2 Å². The predicted octanol–water partition coefficient (Wildman–Crippen LogP) is 2.76. The Balaban J connectivity index is 4.44. The minimum atomic E-state index is -1.05. The summed E-state index contributed by atoms with van der Waals surface area (Å²) in [4.78, 5) is 2.44. The SMILES string of the molecule is CC=CC(N(C)CC)[Si](C)(C)C. The molecule has 0 heterocycles. The molecule has 12 heavy (non-hydrogen) atoms. The van der Waals surface area contributed by atoms with Gasteiger partial charge in [-0.2, -0.15) is 0 Å². The third-order valence-corrected chi connectivity index (χ3v) is 4.64. The van der Waals surface area contributed by atoms with E-state index in [0.29, 0.717) is 5.67 Å². The molecule has 0 spiro atoms. The minimum absolute atomic E-state index is 0.687. The van der Waals surface area contributed by atoms with E-state index in [-0.39, 0.29) is 0 Å². The van der Waals surface area contributed by atoms with Crippen LogP contribution in [0.1, 0.15) is 13.8 Å². The van der Waals surface area contributed by atoms with Crippen molar-refractivity contribution in [1.29, 1.82) is 0 Å². The first-order valence-electron chi connectivity index (χ1n) is 4.76. The summed E-state index contributed by atoms with van der Waals surface area (Å²) in [7, 11) is 1.16. The highest BCUT2D eigenvalue weighted by Gasteiger charge is 2.26. The van der Waals surface area contributed by atoms with Crippen molar-refractivity contribution in [1.82, 2.24) is 4.90 Å². The van der Waals surface area contributed by atoms with Gasteiger partial charge in [0.1, 0.15) is 0 Å². The molecule has 0 amide bonds. The van der Waals surface area contributed by atoms with Crippen molar-refractivity contribution >= 4 is 8.07 Å². The first-order chi connectivity index (χ1) is 5.43. The summed E-state index contributed by atoms with van der Waals surface area (Å²) in [5.74, 6) is 0. The lowest BCUT2D eigenvalue weighted by atomic mass is 10.4. The van der Waals surface area contributed by atoms with E-state index in [2.05, 4.69) is 57.6 Å². The average molecular weight is 185 g/mol. The van der Waals surface area contributed by atoms with E-state index >= 15 is 0 Å². The number of rotatable bonds is 4. The Morgan fingerprint density at radius 2 is 1.83 bits per heavy atom. The Labute approximate surface area is 78.5 Å². The monoisotopic (exact) mass is 185 g/mol. The zero-order valence-electron chi connectivity index (χ0n) is 9.39. The van der Waals surface area contributed by atoms with Crippen LogP contribution < -0.4 is 0 Å². The Bertz CT molecular complexity index is 146. The molecule has 0 aromatic rings. The van der Waals surface area contributed by atoms with E-state index in [1.165, 1.54) is 0 Å². The Hall–Kier alpha value is -0.0831. The molecule has 0 radical (unpaired) electrons. The van der Waals surface area contributed by atoms with Gasteiger partial charge < -0.3 is 4.90 Å². The van der Waals surface area contributed by atoms with Crippen LogP contribution in [0.25, 0.3) is 0 Å². The molecule has 72 valence electrons. The smallest absolute Gasteiger partial charge is 0.0686 e. The second-order valence-electron chi connectivity index (χ2n) is 4.41. The molecule has 0 rings (SSSR count). The van der Waals surface area contributed by atoms with Gasteiger partial charge in [-0.1, -0.05) is 38.7 Å². The lowest BCUT2D eigenvalue weighted by Crippen LogP contribution is -2.48. The summed E-state index contributed by atoms with van der Waals surface area (Å²) in [5.41, 5.74) is 0.687. The van der Waals surface area contributed by atoms with E-state index in [4.69, 9.17) is 0 Å². The van der Waals surface area contributed by atoms with Crippen LogP contribution in [-0.2, 0) is 0 Å². The molecule has 0 N–H and O–H groups in total. The topological polar surface area (TPSA) is 3.24 Å². The van der Waals surface area contributed by atoms with Crippen LogP contribution in [0.15, 0.2) is 12.2 Å². The van der Waals surface area contributed by atoms with Crippen molar-refractivity contribution < 1.29 is 0 Å². The molecule has 0 fully saturated rings. The highest BCUT2D eigenvalue weighted by atomic mass is 28.3. The zero-order valence-corrected chi connectivity index (χ0v) is 10.4. The second kappa shape index (κ2) is 4.82. The first-order valence-corrected chi connectivity index (χ1v) is 8.34. The summed E-state index contributed by atoms with van der Waals surface area (Å²) in [6.45, 7) is 12.7. The van der Waals surface area contributed by atoms with E-state index in [0.717, 1.165) is 6.54 Å². The summed E-state index contributed by atoms with van der Waals surface area (Å²) >= 11 is 0. The number of nitrogens with zero attached hydrogens (tertiary/aromatic N) is 1. The van der Waals surface area contributed by atoms with Crippen LogP contribution in [-0.4, -0.2) is 32.2 Å². The fourth-order valence-electron chi connectivity index (χ4n) is 1.48. The van der Waals surface area contributed by atoms with Crippen LogP contribution in [0.3, 0.4) is 0 Å². The van der Waals surface area contributed by atoms with Crippen molar-refractivity contribution in [3.05, 3.63) is 12.2 Å². The molecule has 0 aromatic heterocycles. The molecule has 0 aliphatic heterocycles. The number of hydrogen-bond donors (Lipinski definition) is 0. The van der Waals surface area contributed by atoms with Gasteiger partial charge >= 0.3 is 0 Å². The highest BCUT2D eigenvalue weighted by molar-refractivity contribution is 6.78. The number of likely N-dealkylation sites (N-methyl/N-ethyl adjacent to an activating group) is 1. The number of allylic oxidation sites excluding steroid dienone is 1. The van der Waals surface area contributed by atoms with Crippen molar-refractivity contribution in [2.75, 3.05) is 13.6 Å². The molecule has 0 aliphatic carbocycles. The van der Waals surface area contributed by atoms with Crippen LogP contribution >= 0.6 is 0 Å². The maximum atomic E-state index is 2.44. The largest absolute Gasteiger partial charge is 0.303 e. The maximum Gasteiger partial charge on any atom is 0.0686 e. The quantitative estimate of drug-likeness (QED) is 0.481. The number of hydrogen-bond acceptors (Lipinski definition) is 1. The normalized spacial score (nSPS) is 15.9. The van der Waals surface area contributed by atoms with Crippen LogP contribution in [0, 0.1) is 0 Å². The molecule has 0 aliphatic rings. The lowest BCUT2D eigenvalue weighted by molar-refractivity contribution is 0.352. The molecule has 0 aromatic carbocycles. The van der Waals surface area contributed by atoms with Gasteiger partial charge in [0, 0.05) is 5.67 Å². The van der Waals surface area contributed by atoms with Crippen molar-refractivity contribution in [3.63, 3.8) is 0 Å². The molecule has 0 bridgehead atoms. The highest BCUT2D eigenvalue weighted by Crippen LogP contribution is 2.14. The Morgan fingerprint density at radius 1 is 1.33 bits per heavy atom. The van der Waals surface area contributed by atoms with Crippen LogP contribution in [0.4, 0.5) is 0 Å². The molecular formula is C10H23NSi. The molecule has 1 nitrogen and oxygen atoms in total. The van der Waals surface area contributed by atoms with E-state index in [1.54, 1.807) is 0 Å². The summed E-state index contributed by atoms with van der Waals surface area (Å²) in [5, 5.41) is 0. The molecular weight excluding hydrogens is 162 g/mol. The molecule has 0 saturated heterocycles. The zero-order chi connectivity index (χ0) is 9.78. The van der Waals surface area contributed by atoms with Gasteiger partial charge in [0.2, 0.25) is 0 Å². The second-order valence-corrected chi connectivity index (χ2v) is 9.73. The Kier molecular flexibility index (Phi) is 4.79. The fourth-order valence-corrected chi connectivity index (χ4v) is 3.75. The van der Waals surface area contributed by atoms with Gasteiger partial charge in [-0.25, -0.2) is 0 Å². The molecule has 1 atom stereocenters. The van der Waals surface area contributed by atoms with E-state index in [9.17, 15) is 0 Å². The Morgan fingerprint density at radius 3 is 2.08 bits per heavy atom. The van der Waals surface area contributed by atoms with Crippen molar-refractivity contribution in [2.24, 2.45) is 0 Å². The third kappa shape index (κ3) is 3.54. The summed E-state index contributed by atoms with van der Waals surface area (Å²) in [6, 6.07) is 0. The molecule has 1 unspecified atom stereocenters. The van der Waals surface area contributed by atoms with Gasteiger partial charge in [0.05, 0.1) is 8.07 Å². The molecule has 0 saturated carbocycles. The first kappa shape index (κ1) is 11.9. The van der Waals surface area contributed by atoms with Crippen LogP contribution in [0.5, 0.6) is 0 Å². The van der Waals surface area contributed by atoms with Gasteiger partial charge in [-0.3, -0.25) is 0 Å². The maximum absolute atomic E-state index is 2.44. The van der Waals surface area contributed by atoms with E-state index in [1.807, 2.05) is 0 Å². The summed E-state index contributed by atoms with van der Waals surface area (Å²) < 4.78 is 0. The summed E-state index contributed by atoms with van der Waals surface area (Å²) in [6.07, 6.45) is 4.52. The van der Waals surface area contributed by atoms with Crippen LogP contribution in [0.2, 0.25) is 19.6 Å². The third-order valence-electron chi connectivity index (χ3n) is 2.24. The average Bonchev–Trinajstić information content (AvgIpc) is 1.96. The van der Waals surface area contributed by atoms with Crippen molar-refractivity contribution in [3.8, 4) is 0 Å².